The molecule has 1 aromatic carbocycles. The topological polar surface area (TPSA) is 35.2 Å². The highest BCUT2D eigenvalue weighted by Gasteiger charge is 2.16. The van der Waals surface area contributed by atoms with Gasteiger partial charge in [0.05, 0.1) is 0 Å². The lowest BCUT2D eigenvalue weighted by atomic mass is 9.92. The normalized spacial score (nSPS) is 17.9. The maximum atomic E-state index is 5.88. The smallest absolute Gasteiger partial charge is 0.0471 e. The highest BCUT2D eigenvalue weighted by atomic mass is 32.2. The molecular formula is C12H17NOS. The minimum absolute atomic E-state index is 0.658. The molecule has 2 rings (SSSR count). The van der Waals surface area contributed by atoms with Crippen LogP contribution in [0.15, 0.2) is 23.1 Å². The van der Waals surface area contributed by atoms with Crippen molar-refractivity contribution in [3.63, 3.8) is 0 Å². The fourth-order valence-electron chi connectivity index (χ4n) is 2.01. The molecule has 0 spiro atoms. The Morgan fingerprint density at radius 1 is 1.33 bits per heavy atom. The van der Waals surface area contributed by atoms with Crippen LogP contribution in [-0.4, -0.2) is 19.5 Å². The molecule has 82 valence electrons. The summed E-state index contributed by atoms with van der Waals surface area (Å²) >= 11 is 1.72. The largest absolute Gasteiger partial charge is 0.398 e. The van der Waals surface area contributed by atoms with Gasteiger partial charge in [-0.15, -0.1) is 11.8 Å². The predicted octanol–water partition coefficient (Wildman–Crippen LogP) is 2.88. The van der Waals surface area contributed by atoms with E-state index in [4.69, 9.17) is 10.5 Å². The Morgan fingerprint density at radius 3 is 2.73 bits per heavy atom. The highest BCUT2D eigenvalue weighted by Crippen LogP contribution is 2.31. The molecule has 0 bridgehead atoms. The first-order valence-corrected chi connectivity index (χ1v) is 6.55. The zero-order valence-electron chi connectivity index (χ0n) is 9.03. The van der Waals surface area contributed by atoms with Gasteiger partial charge in [0.2, 0.25) is 0 Å². The van der Waals surface area contributed by atoms with Crippen molar-refractivity contribution in [2.75, 3.05) is 25.2 Å². The third-order valence-corrected chi connectivity index (χ3v) is 3.74. The van der Waals surface area contributed by atoms with Gasteiger partial charge in [-0.25, -0.2) is 0 Å². The van der Waals surface area contributed by atoms with E-state index in [1.807, 2.05) is 6.07 Å². The summed E-state index contributed by atoms with van der Waals surface area (Å²) in [4.78, 5) is 1.19. The second-order valence-corrected chi connectivity index (χ2v) is 4.74. The van der Waals surface area contributed by atoms with Crippen LogP contribution in [0.4, 0.5) is 5.69 Å². The molecule has 0 aliphatic carbocycles. The summed E-state index contributed by atoms with van der Waals surface area (Å²) in [5.74, 6) is 0.658. The second-order valence-electron chi connectivity index (χ2n) is 3.89. The summed E-state index contributed by atoms with van der Waals surface area (Å²) in [7, 11) is 0. The number of hydrogen-bond donors (Lipinski definition) is 1. The fourth-order valence-corrected chi connectivity index (χ4v) is 2.57. The number of nitrogen functional groups attached to an aromatic ring is 1. The number of anilines is 1. The van der Waals surface area contributed by atoms with Crippen LogP contribution in [0.5, 0.6) is 0 Å². The number of rotatable bonds is 2. The Labute approximate surface area is 95.2 Å². The van der Waals surface area contributed by atoms with E-state index in [9.17, 15) is 0 Å². The Kier molecular flexibility index (Phi) is 3.54. The van der Waals surface area contributed by atoms with Crippen molar-refractivity contribution in [3.8, 4) is 0 Å². The molecule has 1 fully saturated rings. The van der Waals surface area contributed by atoms with Crippen LogP contribution in [0.1, 0.15) is 24.3 Å². The van der Waals surface area contributed by atoms with E-state index in [-0.39, 0.29) is 0 Å². The molecule has 0 saturated carbocycles. The summed E-state index contributed by atoms with van der Waals surface area (Å²) in [6.07, 6.45) is 4.34. The number of hydrogen-bond acceptors (Lipinski definition) is 3. The van der Waals surface area contributed by atoms with E-state index in [2.05, 4.69) is 18.4 Å². The van der Waals surface area contributed by atoms with Gasteiger partial charge in [-0.2, -0.15) is 0 Å². The molecule has 2 nitrogen and oxygen atoms in total. The minimum Gasteiger partial charge on any atom is -0.398 e. The average molecular weight is 223 g/mol. The summed E-state index contributed by atoms with van der Waals surface area (Å²) in [6, 6.07) is 6.41. The minimum atomic E-state index is 0.658. The van der Waals surface area contributed by atoms with Crippen LogP contribution in [0.2, 0.25) is 0 Å². The van der Waals surface area contributed by atoms with Gasteiger partial charge >= 0.3 is 0 Å². The molecule has 1 saturated heterocycles. The van der Waals surface area contributed by atoms with Crippen LogP contribution in [0, 0.1) is 0 Å². The first kappa shape index (κ1) is 10.8. The molecule has 0 radical (unpaired) electrons. The fraction of sp³-hybridized carbons (Fsp3) is 0.500. The molecule has 0 amide bonds. The molecule has 0 unspecified atom stereocenters. The van der Waals surface area contributed by atoms with Crippen molar-refractivity contribution in [1.29, 1.82) is 0 Å². The molecule has 1 aromatic rings. The van der Waals surface area contributed by atoms with Gasteiger partial charge in [-0.1, -0.05) is 6.07 Å². The first-order chi connectivity index (χ1) is 7.31. The standard InChI is InChI=1S/C12H17NOS/c1-15-12-8-10(2-3-11(12)13)9-4-6-14-7-5-9/h2-3,8-9H,4-7,13H2,1H3. The van der Waals surface area contributed by atoms with Crippen molar-refractivity contribution in [2.45, 2.75) is 23.7 Å². The Balaban J connectivity index is 2.20. The average Bonchev–Trinajstić information content (AvgIpc) is 2.31. The van der Waals surface area contributed by atoms with Crippen LogP contribution >= 0.6 is 11.8 Å². The van der Waals surface area contributed by atoms with E-state index in [0.29, 0.717) is 5.92 Å². The van der Waals surface area contributed by atoms with Crippen LogP contribution in [0.25, 0.3) is 0 Å². The summed E-state index contributed by atoms with van der Waals surface area (Å²) in [5, 5.41) is 0. The monoisotopic (exact) mass is 223 g/mol. The number of nitrogens with two attached hydrogens (primary N) is 1. The molecule has 2 N–H and O–H groups in total. The molecule has 0 aromatic heterocycles. The summed E-state index contributed by atoms with van der Waals surface area (Å²) < 4.78 is 5.37. The molecule has 1 aliphatic rings. The van der Waals surface area contributed by atoms with Crippen LogP contribution in [0.3, 0.4) is 0 Å². The third kappa shape index (κ3) is 2.47. The number of ether oxygens (including phenoxy) is 1. The van der Waals surface area contributed by atoms with Gasteiger partial charge < -0.3 is 10.5 Å². The van der Waals surface area contributed by atoms with Crippen molar-refractivity contribution in [2.24, 2.45) is 0 Å². The number of benzene rings is 1. The van der Waals surface area contributed by atoms with Gasteiger partial charge in [0, 0.05) is 23.8 Å². The zero-order chi connectivity index (χ0) is 10.7. The lowest BCUT2D eigenvalue weighted by Gasteiger charge is -2.23. The zero-order valence-corrected chi connectivity index (χ0v) is 9.85. The second kappa shape index (κ2) is 4.90. The van der Waals surface area contributed by atoms with E-state index >= 15 is 0 Å². The van der Waals surface area contributed by atoms with Crippen LogP contribution < -0.4 is 5.73 Å². The van der Waals surface area contributed by atoms with Crippen LogP contribution in [-0.2, 0) is 4.74 Å². The lowest BCUT2D eigenvalue weighted by Crippen LogP contribution is -2.14. The summed E-state index contributed by atoms with van der Waals surface area (Å²) in [5.41, 5.74) is 8.19. The van der Waals surface area contributed by atoms with E-state index in [0.717, 1.165) is 31.7 Å². The quantitative estimate of drug-likeness (QED) is 0.618. The highest BCUT2D eigenvalue weighted by molar-refractivity contribution is 7.98. The maximum Gasteiger partial charge on any atom is 0.0471 e. The van der Waals surface area contributed by atoms with Gasteiger partial charge in [-0.3, -0.25) is 0 Å². The van der Waals surface area contributed by atoms with Gasteiger partial charge in [-0.05, 0) is 42.7 Å². The molecule has 0 atom stereocenters. The van der Waals surface area contributed by atoms with E-state index < -0.39 is 0 Å². The van der Waals surface area contributed by atoms with Crippen molar-refractivity contribution < 1.29 is 4.74 Å². The Hall–Kier alpha value is -0.670. The first-order valence-electron chi connectivity index (χ1n) is 5.32. The van der Waals surface area contributed by atoms with Gasteiger partial charge in [0.1, 0.15) is 0 Å². The predicted molar refractivity (Wildman–Crippen MR) is 65.4 cm³/mol. The van der Waals surface area contributed by atoms with Gasteiger partial charge in [0.25, 0.3) is 0 Å². The summed E-state index contributed by atoms with van der Waals surface area (Å²) in [6.45, 7) is 1.79. The molecule has 3 heteroatoms. The number of thioether (sulfide) groups is 1. The molecular weight excluding hydrogens is 206 g/mol. The van der Waals surface area contributed by atoms with Gasteiger partial charge in [0.15, 0.2) is 0 Å². The van der Waals surface area contributed by atoms with E-state index in [1.54, 1.807) is 11.8 Å². The van der Waals surface area contributed by atoms with E-state index in [1.165, 1.54) is 10.5 Å². The maximum absolute atomic E-state index is 5.88. The SMILES string of the molecule is CSc1cc(C2CCOCC2)ccc1N. The Bertz CT molecular complexity index is 334. The van der Waals surface area contributed by atoms with Crippen molar-refractivity contribution >= 4 is 17.4 Å². The van der Waals surface area contributed by atoms with Crippen molar-refractivity contribution in [3.05, 3.63) is 23.8 Å². The lowest BCUT2D eigenvalue weighted by molar-refractivity contribution is 0.0853. The van der Waals surface area contributed by atoms with Crippen molar-refractivity contribution in [1.82, 2.24) is 0 Å². The molecule has 1 heterocycles. The molecule has 15 heavy (non-hydrogen) atoms. The molecule has 1 aliphatic heterocycles. The Morgan fingerprint density at radius 2 is 2.07 bits per heavy atom. The third-order valence-electron chi connectivity index (χ3n) is 2.95.